The number of terminal acetylenes is 1. The Kier molecular flexibility index (Phi) is 10.8. The van der Waals surface area contributed by atoms with Gasteiger partial charge in [0.2, 0.25) is 0 Å². The summed E-state index contributed by atoms with van der Waals surface area (Å²) in [5.74, 6) is 2.66. The van der Waals surface area contributed by atoms with Crippen LogP contribution in [0.3, 0.4) is 0 Å². The molecule has 0 aliphatic carbocycles. The maximum atomic E-state index is 5.28. The van der Waals surface area contributed by atoms with Crippen LogP contribution in [0.4, 0.5) is 0 Å². The Morgan fingerprint density at radius 2 is 1.50 bits per heavy atom. The summed E-state index contributed by atoms with van der Waals surface area (Å²) in [4.78, 5) is 2.14. The number of hydrogen-bond donors (Lipinski definition) is 0. The largest absolute Gasteiger partial charge is 0.292 e. The van der Waals surface area contributed by atoms with Crippen LogP contribution in [0.5, 0.6) is 0 Å². The van der Waals surface area contributed by atoms with Crippen LogP contribution in [0.1, 0.15) is 53.4 Å². The van der Waals surface area contributed by atoms with Crippen molar-refractivity contribution in [3.05, 3.63) is 34.9 Å². The Labute approximate surface area is 126 Å². The minimum Gasteiger partial charge on any atom is -0.292 e. The molecule has 112 valence electrons. The highest BCUT2D eigenvalue weighted by Crippen LogP contribution is 2.11. The van der Waals surface area contributed by atoms with Crippen LogP contribution in [-0.4, -0.2) is 25.0 Å². The van der Waals surface area contributed by atoms with Crippen molar-refractivity contribution in [2.45, 2.75) is 53.4 Å². The molecule has 0 rings (SSSR count). The molecule has 0 fully saturated rings. The van der Waals surface area contributed by atoms with Gasteiger partial charge >= 0.3 is 0 Å². The van der Waals surface area contributed by atoms with Gasteiger partial charge in [0.1, 0.15) is 0 Å². The highest BCUT2D eigenvalue weighted by atomic mass is 15.1. The fourth-order valence-electron chi connectivity index (χ4n) is 1.87. The van der Waals surface area contributed by atoms with E-state index >= 15 is 0 Å². The lowest BCUT2D eigenvalue weighted by molar-refractivity contribution is 0.418. The number of rotatable bonds is 9. The first-order valence-corrected chi connectivity index (χ1v) is 7.52. The Hall–Kier alpha value is -1.26. The number of allylic oxidation sites excluding steroid dienone is 5. The van der Waals surface area contributed by atoms with Crippen LogP contribution in [0, 0.1) is 12.3 Å². The fraction of sp³-hybridized carbons (Fsp3) is 0.579. The van der Waals surface area contributed by atoms with Gasteiger partial charge in [-0.05, 0) is 60.4 Å². The van der Waals surface area contributed by atoms with E-state index in [0.29, 0.717) is 6.54 Å². The van der Waals surface area contributed by atoms with Gasteiger partial charge < -0.3 is 0 Å². The van der Waals surface area contributed by atoms with E-state index in [1.54, 1.807) is 0 Å². The SMILES string of the molecule is C#CCN(C)CC=C(C)CCC=C(C)CCC=C(C)C. The molecule has 0 aromatic heterocycles. The first-order chi connectivity index (χ1) is 9.45. The van der Waals surface area contributed by atoms with E-state index in [2.05, 4.69) is 63.8 Å². The molecular formula is C19H31N. The summed E-state index contributed by atoms with van der Waals surface area (Å²) in [6, 6.07) is 0. The van der Waals surface area contributed by atoms with Crippen LogP contribution in [-0.2, 0) is 0 Å². The highest BCUT2D eigenvalue weighted by Gasteiger charge is 1.94. The maximum absolute atomic E-state index is 5.28. The van der Waals surface area contributed by atoms with Crippen molar-refractivity contribution in [2.24, 2.45) is 0 Å². The van der Waals surface area contributed by atoms with Crippen molar-refractivity contribution in [1.82, 2.24) is 4.90 Å². The van der Waals surface area contributed by atoms with E-state index < -0.39 is 0 Å². The Balaban J connectivity index is 3.94. The van der Waals surface area contributed by atoms with Gasteiger partial charge in [0.05, 0.1) is 6.54 Å². The van der Waals surface area contributed by atoms with Crippen molar-refractivity contribution < 1.29 is 0 Å². The monoisotopic (exact) mass is 273 g/mol. The molecule has 0 atom stereocenters. The molecular weight excluding hydrogens is 242 g/mol. The molecule has 0 aliphatic rings. The Morgan fingerprint density at radius 3 is 2.05 bits per heavy atom. The van der Waals surface area contributed by atoms with E-state index in [4.69, 9.17) is 6.42 Å². The third-order valence-corrected chi connectivity index (χ3v) is 3.24. The van der Waals surface area contributed by atoms with Crippen molar-refractivity contribution >= 4 is 0 Å². The third kappa shape index (κ3) is 11.8. The number of nitrogens with zero attached hydrogens (tertiary/aromatic N) is 1. The van der Waals surface area contributed by atoms with E-state index in [1.807, 2.05) is 0 Å². The minimum absolute atomic E-state index is 0.715. The second-order valence-electron chi connectivity index (χ2n) is 5.86. The summed E-state index contributed by atoms with van der Waals surface area (Å²) in [5.41, 5.74) is 4.36. The third-order valence-electron chi connectivity index (χ3n) is 3.24. The number of likely N-dealkylation sites (N-methyl/N-ethyl adjacent to an activating group) is 1. The van der Waals surface area contributed by atoms with E-state index in [1.165, 1.54) is 23.1 Å². The summed E-state index contributed by atoms with van der Waals surface area (Å²) in [7, 11) is 2.05. The van der Waals surface area contributed by atoms with Gasteiger partial charge in [0.25, 0.3) is 0 Å². The second kappa shape index (κ2) is 11.6. The molecule has 0 radical (unpaired) electrons. The van der Waals surface area contributed by atoms with Gasteiger partial charge in [0, 0.05) is 6.54 Å². The molecule has 20 heavy (non-hydrogen) atoms. The lowest BCUT2D eigenvalue weighted by Crippen LogP contribution is -2.18. The molecule has 0 aliphatic heterocycles. The second-order valence-corrected chi connectivity index (χ2v) is 5.86. The molecule has 0 saturated carbocycles. The topological polar surface area (TPSA) is 3.24 Å². The molecule has 0 aromatic rings. The van der Waals surface area contributed by atoms with Gasteiger partial charge in [-0.2, -0.15) is 0 Å². The van der Waals surface area contributed by atoms with Gasteiger partial charge in [0.15, 0.2) is 0 Å². The molecule has 0 saturated heterocycles. The van der Waals surface area contributed by atoms with Crippen LogP contribution in [0.2, 0.25) is 0 Å². The van der Waals surface area contributed by atoms with Gasteiger partial charge in [-0.15, -0.1) is 6.42 Å². The van der Waals surface area contributed by atoms with Crippen LogP contribution < -0.4 is 0 Å². The fourth-order valence-corrected chi connectivity index (χ4v) is 1.87. The molecule has 1 nitrogen and oxygen atoms in total. The normalized spacial score (nSPS) is 12.4. The van der Waals surface area contributed by atoms with Crippen LogP contribution >= 0.6 is 0 Å². The predicted octanol–water partition coefficient (Wildman–Crippen LogP) is 4.97. The zero-order chi connectivity index (χ0) is 15.4. The first-order valence-electron chi connectivity index (χ1n) is 7.52. The van der Waals surface area contributed by atoms with Crippen molar-refractivity contribution in [1.29, 1.82) is 0 Å². The van der Waals surface area contributed by atoms with Crippen molar-refractivity contribution in [2.75, 3.05) is 20.1 Å². The Morgan fingerprint density at radius 1 is 0.950 bits per heavy atom. The van der Waals surface area contributed by atoms with Crippen LogP contribution in [0.15, 0.2) is 34.9 Å². The average Bonchev–Trinajstić information content (AvgIpc) is 2.36. The summed E-state index contributed by atoms with van der Waals surface area (Å²) in [5, 5.41) is 0. The summed E-state index contributed by atoms with van der Waals surface area (Å²) in [6.45, 7) is 10.4. The number of hydrogen-bond acceptors (Lipinski definition) is 1. The lowest BCUT2D eigenvalue weighted by atomic mass is 10.1. The minimum atomic E-state index is 0.715. The maximum Gasteiger partial charge on any atom is 0.0599 e. The molecule has 0 aromatic carbocycles. The summed E-state index contributed by atoms with van der Waals surface area (Å²) in [6.07, 6.45) is 16.9. The summed E-state index contributed by atoms with van der Waals surface area (Å²) >= 11 is 0. The lowest BCUT2D eigenvalue weighted by Gasteiger charge is -2.10. The molecule has 0 heterocycles. The molecule has 0 amide bonds. The van der Waals surface area contributed by atoms with Crippen molar-refractivity contribution in [3.63, 3.8) is 0 Å². The van der Waals surface area contributed by atoms with E-state index in [0.717, 1.165) is 25.8 Å². The first kappa shape index (κ1) is 18.7. The standard InChI is InChI=1S/C19H31N/c1-7-15-20(6)16-14-19(5)13-9-12-18(4)11-8-10-17(2)3/h1,10,12,14H,8-9,11,13,15-16H2,2-6H3. The molecule has 0 unspecified atom stereocenters. The van der Waals surface area contributed by atoms with E-state index in [9.17, 15) is 0 Å². The smallest absolute Gasteiger partial charge is 0.0599 e. The van der Waals surface area contributed by atoms with E-state index in [-0.39, 0.29) is 0 Å². The molecule has 0 N–H and O–H groups in total. The van der Waals surface area contributed by atoms with Gasteiger partial charge in [-0.1, -0.05) is 40.9 Å². The summed E-state index contributed by atoms with van der Waals surface area (Å²) < 4.78 is 0. The zero-order valence-electron chi connectivity index (χ0n) is 14.0. The van der Waals surface area contributed by atoms with Gasteiger partial charge in [-0.3, -0.25) is 4.90 Å². The molecule has 0 spiro atoms. The van der Waals surface area contributed by atoms with Crippen LogP contribution in [0.25, 0.3) is 0 Å². The predicted molar refractivity (Wildman–Crippen MR) is 91.7 cm³/mol. The molecule has 0 bridgehead atoms. The zero-order valence-corrected chi connectivity index (χ0v) is 14.0. The quantitative estimate of drug-likeness (QED) is 0.423. The van der Waals surface area contributed by atoms with Crippen molar-refractivity contribution in [3.8, 4) is 12.3 Å². The highest BCUT2D eigenvalue weighted by molar-refractivity contribution is 5.06. The molecule has 1 heteroatoms. The average molecular weight is 273 g/mol. The van der Waals surface area contributed by atoms with Gasteiger partial charge in [-0.25, -0.2) is 0 Å². The Bertz CT molecular complexity index is 386.